The smallest absolute Gasteiger partial charge is 0.242 e. The molecule has 3 aliphatic rings. The highest BCUT2D eigenvalue weighted by atomic mass is 35.5. The fourth-order valence-corrected chi connectivity index (χ4v) is 8.32. The van der Waals surface area contributed by atoms with E-state index < -0.39 is 31.8 Å². The van der Waals surface area contributed by atoms with Crippen LogP contribution in [0.5, 0.6) is 0 Å². The molecule has 1 aromatic rings. The molecule has 4 rings (SSSR count). The lowest BCUT2D eigenvalue weighted by Gasteiger charge is -2.34. The van der Waals surface area contributed by atoms with Crippen LogP contribution in [0.4, 0.5) is 0 Å². The molecule has 10 nitrogen and oxygen atoms in total. The van der Waals surface area contributed by atoms with Crippen LogP contribution in [0.3, 0.4) is 0 Å². The summed E-state index contributed by atoms with van der Waals surface area (Å²) < 4.78 is 51.8. The Balaban J connectivity index is 1.32. The van der Waals surface area contributed by atoms with Gasteiger partial charge in [-0.2, -0.15) is 4.72 Å². The van der Waals surface area contributed by atoms with Gasteiger partial charge < -0.3 is 9.80 Å². The maximum atomic E-state index is 13.2. The van der Waals surface area contributed by atoms with Crippen molar-refractivity contribution in [2.45, 2.75) is 49.4 Å². The van der Waals surface area contributed by atoms with E-state index in [0.29, 0.717) is 61.2 Å². The van der Waals surface area contributed by atoms with Gasteiger partial charge in [0.05, 0.1) is 16.1 Å². The molecule has 3 saturated heterocycles. The number of carbonyl (C=O) groups excluding carboxylic acids is 2. The van der Waals surface area contributed by atoms with Gasteiger partial charge >= 0.3 is 0 Å². The SMILES string of the molecule is CS(=O)(=O)C1CCN(CC2CCCN2C(=O)CN2CCCC(NS(=O)(=O)/C=C/c3ccc(Cl)s3)C2=O)C1. The lowest BCUT2D eigenvalue weighted by molar-refractivity contribution is -0.143. The number of rotatable bonds is 9. The highest BCUT2D eigenvalue weighted by Crippen LogP contribution is 2.24. The van der Waals surface area contributed by atoms with Crippen molar-refractivity contribution in [3.8, 4) is 0 Å². The van der Waals surface area contributed by atoms with Gasteiger partial charge in [0.1, 0.15) is 6.04 Å². The highest BCUT2D eigenvalue weighted by Gasteiger charge is 2.37. The number of piperidine rings is 1. The number of nitrogens with one attached hydrogen (secondary N) is 1. The van der Waals surface area contributed by atoms with Gasteiger partial charge in [-0.25, -0.2) is 16.8 Å². The van der Waals surface area contributed by atoms with Gasteiger partial charge in [0.15, 0.2) is 9.84 Å². The molecule has 0 aromatic carbocycles. The van der Waals surface area contributed by atoms with Gasteiger partial charge in [-0.1, -0.05) is 11.6 Å². The number of hydrogen-bond acceptors (Lipinski definition) is 8. The number of nitrogens with zero attached hydrogens (tertiary/aromatic N) is 3. The molecule has 0 saturated carbocycles. The Labute approximate surface area is 227 Å². The number of sulfone groups is 1. The average molecular weight is 593 g/mol. The van der Waals surface area contributed by atoms with E-state index in [1.807, 2.05) is 0 Å². The van der Waals surface area contributed by atoms with Crippen molar-refractivity contribution in [2.75, 3.05) is 45.5 Å². The highest BCUT2D eigenvalue weighted by molar-refractivity contribution is 7.92. The normalized spacial score (nSPS) is 26.0. The monoisotopic (exact) mass is 592 g/mol. The Morgan fingerprint density at radius 3 is 2.57 bits per heavy atom. The molecule has 3 atom stereocenters. The molecular weight excluding hydrogens is 560 g/mol. The molecule has 14 heteroatoms. The molecule has 206 valence electrons. The Kier molecular flexibility index (Phi) is 9.01. The topological polar surface area (TPSA) is 124 Å². The molecule has 37 heavy (non-hydrogen) atoms. The Morgan fingerprint density at radius 2 is 1.89 bits per heavy atom. The molecule has 0 bridgehead atoms. The lowest BCUT2D eigenvalue weighted by Crippen LogP contribution is -2.55. The summed E-state index contributed by atoms with van der Waals surface area (Å²) in [6.07, 6.45) is 5.95. The van der Waals surface area contributed by atoms with Gasteiger partial charge in [0.2, 0.25) is 21.8 Å². The Morgan fingerprint density at radius 1 is 1.14 bits per heavy atom. The summed E-state index contributed by atoms with van der Waals surface area (Å²) >= 11 is 7.12. The van der Waals surface area contributed by atoms with E-state index in [2.05, 4.69) is 9.62 Å². The van der Waals surface area contributed by atoms with E-state index in [1.54, 1.807) is 17.0 Å². The summed E-state index contributed by atoms with van der Waals surface area (Å²) in [4.78, 5) is 32.2. The second-order valence-electron chi connectivity index (χ2n) is 9.95. The van der Waals surface area contributed by atoms with Crippen LogP contribution in [0.15, 0.2) is 17.5 Å². The number of likely N-dealkylation sites (tertiary alicyclic amines) is 3. The second kappa shape index (κ2) is 11.7. The fraction of sp³-hybridized carbons (Fsp3) is 0.652. The van der Waals surface area contributed by atoms with E-state index in [4.69, 9.17) is 11.6 Å². The van der Waals surface area contributed by atoms with Crippen LogP contribution in [0, 0.1) is 0 Å². The van der Waals surface area contributed by atoms with E-state index in [-0.39, 0.29) is 23.7 Å². The molecule has 0 aliphatic carbocycles. The van der Waals surface area contributed by atoms with Crippen molar-refractivity contribution in [1.82, 2.24) is 19.4 Å². The summed E-state index contributed by atoms with van der Waals surface area (Å²) in [6, 6.07) is 2.44. The van der Waals surface area contributed by atoms with Gasteiger partial charge in [-0.15, -0.1) is 11.3 Å². The first-order valence-corrected chi connectivity index (χ1v) is 17.1. The first-order valence-electron chi connectivity index (χ1n) is 12.4. The van der Waals surface area contributed by atoms with Crippen LogP contribution in [-0.4, -0.2) is 106 Å². The van der Waals surface area contributed by atoms with Crippen molar-refractivity contribution in [1.29, 1.82) is 0 Å². The quantitative estimate of drug-likeness (QED) is 0.459. The predicted octanol–water partition coefficient (Wildman–Crippen LogP) is 1.39. The zero-order chi connectivity index (χ0) is 26.8. The summed E-state index contributed by atoms with van der Waals surface area (Å²) in [5.41, 5.74) is 0. The number of thiophene rings is 1. The number of carbonyl (C=O) groups is 2. The summed E-state index contributed by atoms with van der Waals surface area (Å²) in [6.45, 7) is 2.70. The van der Waals surface area contributed by atoms with E-state index >= 15 is 0 Å². The minimum absolute atomic E-state index is 0.0177. The standard InChI is InChI=1S/C23H33ClN4O6S3/c1-36(31,32)19-8-12-26(15-19)14-17-4-2-11-28(17)22(29)16-27-10-3-5-20(23(27)30)25-37(33,34)13-9-18-6-7-21(24)35-18/h6-7,9,13,17,19-20,25H,2-5,8,10-12,14-16H2,1H3/b13-9+. The van der Waals surface area contributed by atoms with Crippen LogP contribution in [0.1, 0.15) is 37.0 Å². The van der Waals surface area contributed by atoms with Crippen molar-refractivity contribution < 1.29 is 26.4 Å². The summed E-state index contributed by atoms with van der Waals surface area (Å²) in [5.74, 6) is -0.560. The van der Waals surface area contributed by atoms with Crippen molar-refractivity contribution >= 4 is 60.7 Å². The molecule has 2 amide bonds. The lowest BCUT2D eigenvalue weighted by atomic mass is 10.1. The summed E-state index contributed by atoms with van der Waals surface area (Å²) in [7, 11) is -6.95. The molecule has 0 spiro atoms. The van der Waals surface area contributed by atoms with E-state index in [1.165, 1.54) is 28.6 Å². The summed E-state index contributed by atoms with van der Waals surface area (Å²) in [5, 5.41) is 0.663. The maximum absolute atomic E-state index is 13.2. The third kappa shape index (κ3) is 7.54. The third-order valence-corrected chi connectivity index (χ3v) is 11.1. The molecule has 3 unspecified atom stereocenters. The predicted molar refractivity (Wildman–Crippen MR) is 144 cm³/mol. The van der Waals surface area contributed by atoms with Crippen molar-refractivity contribution in [3.63, 3.8) is 0 Å². The Bertz CT molecular complexity index is 1250. The second-order valence-corrected chi connectivity index (χ2v) is 15.6. The van der Waals surface area contributed by atoms with Gasteiger partial charge in [-0.05, 0) is 56.9 Å². The van der Waals surface area contributed by atoms with E-state index in [0.717, 1.165) is 18.2 Å². The number of amides is 2. The van der Waals surface area contributed by atoms with Crippen molar-refractivity contribution in [3.05, 3.63) is 26.8 Å². The maximum Gasteiger partial charge on any atom is 0.242 e. The average Bonchev–Trinajstić information content (AvgIpc) is 3.56. The Hall–Kier alpha value is -1.51. The molecule has 1 aromatic heterocycles. The molecule has 1 N–H and O–H groups in total. The number of sulfonamides is 1. The van der Waals surface area contributed by atoms with Gasteiger partial charge in [-0.3, -0.25) is 14.5 Å². The van der Waals surface area contributed by atoms with Gasteiger partial charge in [0.25, 0.3) is 0 Å². The molecule has 0 radical (unpaired) electrons. The molecule has 4 heterocycles. The zero-order valence-corrected chi connectivity index (χ0v) is 23.9. The minimum Gasteiger partial charge on any atom is -0.337 e. The zero-order valence-electron chi connectivity index (χ0n) is 20.7. The van der Waals surface area contributed by atoms with Crippen LogP contribution in [-0.2, 0) is 29.4 Å². The van der Waals surface area contributed by atoms with Crippen LogP contribution in [0.2, 0.25) is 4.34 Å². The first-order chi connectivity index (χ1) is 17.4. The third-order valence-electron chi connectivity index (χ3n) is 7.17. The largest absolute Gasteiger partial charge is 0.337 e. The van der Waals surface area contributed by atoms with Gasteiger partial charge in [0, 0.05) is 48.8 Å². The van der Waals surface area contributed by atoms with Crippen LogP contribution in [0.25, 0.3) is 6.08 Å². The first kappa shape index (κ1) is 28.5. The molecular formula is C23H33ClN4O6S3. The van der Waals surface area contributed by atoms with E-state index in [9.17, 15) is 26.4 Å². The number of hydrogen-bond donors (Lipinski definition) is 1. The van der Waals surface area contributed by atoms with Crippen LogP contribution < -0.4 is 4.72 Å². The molecule has 3 fully saturated rings. The fourth-order valence-electron chi connectivity index (χ4n) is 5.24. The van der Waals surface area contributed by atoms with Crippen LogP contribution >= 0.6 is 22.9 Å². The minimum atomic E-state index is -3.87. The number of halogens is 1. The molecule has 3 aliphatic heterocycles. The van der Waals surface area contributed by atoms with Crippen molar-refractivity contribution in [2.24, 2.45) is 0 Å².